The lowest BCUT2D eigenvalue weighted by atomic mass is 10.3. The smallest absolute Gasteiger partial charge is 0.163 e. The summed E-state index contributed by atoms with van der Waals surface area (Å²) in [5, 5.41) is 7.72. The molecule has 0 fully saturated rings. The van der Waals surface area contributed by atoms with Crippen molar-refractivity contribution in [3.63, 3.8) is 0 Å². The highest BCUT2D eigenvalue weighted by atomic mass is 16.5. The normalized spacial score (nSPS) is 11.1. The number of rotatable bonds is 6. The van der Waals surface area contributed by atoms with Crippen LogP contribution >= 0.6 is 0 Å². The van der Waals surface area contributed by atoms with E-state index in [9.17, 15) is 0 Å². The SMILES string of the molecule is Cc1nn(C)c(C)c1OCc1cccc(CNC(C)C)n1. The number of ether oxygens (including phenoxy) is 1. The first kappa shape index (κ1) is 15.5. The van der Waals surface area contributed by atoms with Gasteiger partial charge in [0.2, 0.25) is 0 Å². The molecule has 0 saturated heterocycles. The maximum atomic E-state index is 5.89. The minimum Gasteiger partial charge on any atom is -0.483 e. The molecule has 0 saturated carbocycles. The first-order chi connectivity index (χ1) is 9.97. The van der Waals surface area contributed by atoms with Crippen molar-refractivity contribution in [1.82, 2.24) is 20.1 Å². The maximum Gasteiger partial charge on any atom is 0.163 e. The van der Waals surface area contributed by atoms with Gasteiger partial charge in [0.05, 0.1) is 17.1 Å². The van der Waals surface area contributed by atoms with Gasteiger partial charge in [0.15, 0.2) is 5.75 Å². The van der Waals surface area contributed by atoms with E-state index in [0.29, 0.717) is 12.6 Å². The Balaban J connectivity index is 2.01. The summed E-state index contributed by atoms with van der Waals surface area (Å²) in [6, 6.07) is 6.48. The summed E-state index contributed by atoms with van der Waals surface area (Å²) in [4.78, 5) is 4.61. The standard InChI is InChI=1S/C16H24N4O/c1-11(2)17-9-14-7-6-8-15(18-14)10-21-16-12(3)19-20(5)13(16)4/h6-8,11,17H,9-10H2,1-5H3. The van der Waals surface area contributed by atoms with Crippen molar-refractivity contribution in [1.29, 1.82) is 0 Å². The summed E-state index contributed by atoms with van der Waals surface area (Å²) in [6.45, 7) is 9.45. The second kappa shape index (κ2) is 6.72. The van der Waals surface area contributed by atoms with Gasteiger partial charge in [0.1, 0.15) is 12.3 Å². The largest absolute Gasteiger partial charge is 0.483 e. The molecule has 2 aromatic rings. The van der Waals surface area contributed by atoms with E-state index < -0.39 is 0 Å². The maximum absolute atomic E-state index is 5.89. The summed E-state index contributed by atoms with van der Waals surface area (Å²) in [5.74, 6) is 0.852. The third-order valence-electron chi connectivity index (χ3n) is 3.36. The minimum absolute atomic E-state index is 0.451. The summed E-state index contributed by atoms with van der Waals surface area (Å²) < 4.78 is 7.72. The Bertz CT molecular complexity index is 604. The molecule has 0 amide bonds. The fourth-order valence-corrected chi connectivity index (χ4v) is 2.13. The van der Waals surface area contributed by atoms with E-state index in [1.807, 2.05) is 43.8 Å². The molecule has 2 heterocycles. The van der Waals surface area contributed by atoms with Crippen LogP contribution in [0.1, 0.15) is 36.6 Å². The van der Waals surface area contributed by atoms with Crippen molar-refractivity contribution in [2.24, 2.45) is 7.05 Å². The number of aryl methyl sites for hydroxylation is 2. The minimum atomic E-state index is 0.451. The van der Waals surface area contributed by atoms with Crippen LogP contribution in [-0.2, 0) is 20.2 Å². The predicted octanol–water partition coefficient (Wildman–Crippen LogP) is 2.51. The van der Waals surface area contributed by atoms with Gasteiger partial charge in [-0.3, -0.25) is 9.67 Å². The van der Waals surface area contributed by atoms with Gasteiger partial charge in [-0.15, -0.1) is 0 Å². The lowest BCUT2D eigenvalue weighted by Crippen LogP contribution is -2.22. The number of nitrogens with zero attached hydrogens (tertiary/aromatic N) is 3. The van der Waals surface area contributed by atoms with E-state index in [2.05, 4.69) is 29.2 Å². The Kier molecular flexibility index (Phi) is 4.96. The van der Waals surface area contributed by atoms with Crippen molar-refractivity contribution in [3.8, 4) is 5.75 Å². The van der Waals surface area contributed by atoms with Gasteiger partial charge in [-0.1, -0.05) is 19.9 Å². The van der Waals surface area contributed by atoms with Crippen LogP contribution in [0.5, 0.6) is 5.75 Å². The zero-order valence-electron chi connectivity index (χ0n) is 13.5. The number of hydrogen-bond acceptors (Lipinski definition) is 4. The molecule has 21 heavy (non-hydrogen) atoms. The van der Waals surface area contributed by atoms with Crippen molar-refractivity contribution in [2.45, 2.75) is 46.9 Å². The summed E-state index contributed by atoms with van der Waals surface area (Å²) in [7, 11) is 1.92. The Morgan fingerprint density at radius 1 is 1.24 bits per heavy atom. The van der Waals surface area contributed by atoms with Gasteiger partial charge in [0, 0.05) is 19.6 Å². The molecular formula is C16H24N4O. The number of hydrogen-bond donors (Lipinski definition) is 1. The van der Waals surface area contributed by atoms with Gasteiger partial charge in [0.25, 0.3) is 0 Å². The molecule has 0 spiro atoms. The highest BCUT2D eigenvalue weighted by Gasteiger charge is 2.11. The quantitative estimate of drug-likeness (QED) is 0.887. The molecule has 5 nitrogen and oxygen atoms in total. The van der Waals surface area contributed by atoms with Crippen LogP contribution in [0.2, 0.25) is 0 Å². The first-order valence-electron chi connectivity index (χ1n) is 7.28. The van der Waals surface area contributed by atoms with E-state index in [0.717, 1.165) is 35.1 Å². The lowest BCUT2D eigenvalue weighted by molar-refractivity contribution is 0.296. The van der Waals surface area contributed by atoms with Crippen LogP contribution in [0.4, 0.5) is 0 Å². The van der Waals surface area contributed by atoms with Crippen LogP contribution in [0.3, 0.4) is 0 Å². The molecule has 0 aliphatic heterocycles. The molecular weight excluding hydrogens is 264 g/mol. The zero-order valence-corrected chi connectivity index (χ0v) is 13.5. The topological polar surface area (TPSA) is 52.0 Å². The molecule has 2 aromatic heterocycles. The summed E-state index contributed by atoms with van der Waals surface area (Å²) in [6.07, 6.45) is 0. The van der Waals surface area contributed by atoms with Gasteiger partial charge in [-0.05, 0) is 26.0 Å². The van der Waals surface area contributed by atoms with Gasteiger partial charge >= 0.3 is 0 Å². The van der Waals surface area contributed by atoms with E-state index >= 15 is 0 Å². The summed E-state index contributed by atoms with van der Waals surface area (Å²) >= 11 is 0. The average molecular weight is 288 g/mol. The number of nitrogens with one attached hydrogen (secondary N) is 1. The van der Waals surface area contributed by atoms with Crippen LogP contribution < -0.4 is 10.1 Å². The Morgan fingerprint density at radius 2 is 1.95 bits per heavy atom. The highest BCUT2D eigenvalue weighted by Crippen LogP contribution is 2.22. The Morgan fingerprint density at radius 3 is 2.57 bits per heavy atom. The molecule has 0 bridgehead atoms. The molecule has 5 heteroatoms. The van der Waals surface area contributed by atoms with Crippen LogP contribution in [0, 0.1) is 13.8 Å². The lowest BCUT2D eigenvalue weighted by Gasteiger charge is -2.10. The third kappa shape index (κ3) is 4.04. The Hall–Kier alpha value is -1.88. The van der Waals surface area contributed by atoms with Crippen molar-refractivity contribution in [3.05, 3.63) is 41.0 Å². The van der Waals surface area contributed by atoms with Crippen molar-refractivity contribution in [2.75, 3.05) is 0 Å². The van der Waals surface area contributed by atoms with Crippen molar-refractivity contribution >= 4 is 0 Å². The van der Waals surface area contributed by atoms with Gasteiger partial charge in [-0.25, -0.2) is 0 Å². The molecule has 114 valence electrons. The molecule has 0 aliphatic carbocycles. The highest BCUT2D eigenvalue weighted by molar-refractivity contribution is 5.31. The zero-order chi connectivity index (χ0) is 15.4. The second-order valence-corrected chi connectivity index (χ2v) is 5.57. The molecule has 2 rings (SSSR count). The molecule has 0 aromatic carbocycles. The van der Waals surface area contributed by atoms with E-state index in [-0.39, 0.29) is 0 Å². The molecule has 0 radical (unpaired) electrons. The number of pyridine rings is 1. The van der Waals surface area contributed by atoms with Crippen LogP contribution in [-0.4, -0.2) is 20.8 Å². The Labute approximate surface area is 126 Å². The first-order valence-corrected chi connectivity index (χ1v) is 7.28. The monoisotopic (exact) mass is 288 g/mol. The molecule has 1 N–H and O–H groups in total. The third-order valence-corrected chi connectivity index (χ3v) is 3.36. The average Bonchev–Trinajstić information content (AvgIpc) is 2.68. The van der Waals surface area contributed by atoms with Gasteiger partial charge < -0.3 is 10.1 Å². The van der Waals surface area contributed by atoms with Crippen molar-refractivity contribution < 1.29 is 4.74 Å². The predicted molar refractivity (Wildman–Crippen MR) is 83.2 cm³/mol. The van der Waals surface area contributed by atoms with Crippen LogP contribution in [0.25, 0.3) is 0 Å². The molecule has 0 atom stereocenters. The summed E-state index contributed by atoms with van der Waals surface area (Å²) in [5.41, 5.74) is 3.91. The van der Waals surface area contributed by atoms with E-state index in [4.69, 9.17) is 4.74 Å². The van der Waals surface area contributed by atoms with E-state index in [1.54, 1.807) is 0 Å². The molecule has 0 aliphatic rings. The fraction of sp³-hybridized carbons (Fsp3) is 0.500. The fourth-order valence-electron chi connectivity index (χ4n) is 2.13. The second-order valence-electron chi connectivity index (χ2n) is 5.57. The van der Waals surface area contributed by atoms with Gasteiger partial charge in [-0.2, -0.15) is 5.10 Å². The molecule has 0 unspecified atom stereocenters. The van der Waals surface area contributed by atoms with E-state index in [1.165, 1.54) is 0 Å². The number of aromatic nitrogens is 3. The van der Waals surface area contributed by atoms with Crippen LogP contribution in [0.15, 0.2) is 18.2 Å².